The van der Waals surface area contributed by atoms with Gasteiger partial charge in [0.2, 0.25) is 0 Å². The quantitative estimate of drug-likeness (QED) is 0.305. The Bertz CT molecular complexity index is 447. The Kier molecular flexibility index (Phi) is 32.0. The van der Waals surface area contributed by atoms with Crippen LogP contribution in [-0.2, 0) is 18.3 Å². The second-order valence-corrected chi connectivity index (χ2v) is 15.1. The molecule has 0 aromatic carbocycles. The van der Waals surface area contributed by atoms with E-state index in [1.807, 2.05) is 0 Å². The van der Waals surface area contributed by atoms with Crippen molar-refractivity contribution in [2.75, 3.05) is 43.1 Å². The number of hydrogen-bond donors (Lipinski definition) is 1. The van der Waals surface area contributed by atoms with E-state index in [-0.39, 0.29) is 23.5 Å². The summed E-state index contributed by atoms with van der Waals surface area (Å²) in [4.78, 5) is 39.2. The van der Waals surface area contributed by atoms with E-state index in [2.05, 4.69) is 6.58 Å². The van der Waals surface area contributed by atoms with Gasteiger partial charge in [-0.1, -0.05) is 47.6 Å². The molecule has 0 saturated carbocycles. The minimum absolute atomic E-state index is 0. The molecular formula is C15H37AlO8P4. The summed E-state index contributed by atoms with van der Waals surface area (Å²) >= 11 is 0. The van der Waals surface area contributed by atoms with E-state index in [1.54, 1.807) is 41.5 Å². The first-order valence-corrected chi connectivity index (χ1v) is 16.4. The molecule has 28 heavy (non-hydrogen) atoms. The van der Waals surface area contributed by atoms with E-state index in [0.29, 0.717) is 37.0 Å². The fraction of sp³-hybridized carbons (Fsp3) is 0.867. The van der Waals surface area contributed by atoms with Crippen LogP contribution in [0, 0.1) is 0 Å². The first kappa shape index (κ1) is 39.5. The molecule has 0 saturated heterocycles. The van der Waals surface area contributed by atoms with Gasteiger partial charge in [0.15, 0.2) is 8.03 Å². The molecule has 0 aromatic rings. The second-order valence-electron chi connectivity index (χ2n) is 5.23. The van der Waals surface area contributed by atoms with E-state index < -0.39 is 30.1 Å². The Labute approximate surface area is 182 Å². The molecule has 0 spiro atoms. The summed E-state index contributed by atoms with van der Waals surface area (Å²) in [5.41, 5.74) is 0. The van der Waals surface area contributed by atoms with E-state index in [4.69, 9.17) is 4.89 Å². The van der Waals surface area contributed by atoms with Crippen LogP contribution in [0.4, 0.5) is 0 Å². The summed E-state index contributed by atoms with van der Waals surface area (Å²) in [6, 6.07) is 0. The number of allylic oxidation sites excluding steroid dienone is 1. The zero-order chi connectivity index (χ0) is 22.7. The van der Waals surface area contributed by atoms with Crippen molar-refractivity contribution in [2.24, 2.45) is 0 Å². The topological polar surface area (TPSA) is 158 Å². The minimum Gasteiger partial charge on any atom is -0.799 e. The van der Waals surface area contributed by atoms with Crippen LogP contribution in [-0.4, -0.2) is 65.4 Å². The molecule has 0 fully saturated rings. The zero-order valence-corrected chi connectivity index (χ0v) is 22.8. The van der Waals surface area contributed by atoms with Gasteiger partial charge in [-0.15, -0.1) is 6.58 Å². The maximum Gasteiger partial charge on any atom is 3.00 e. The molecule has 0 rings (SSSR count). The fourth-order valence-electron chi connectivity index (χ4n) is 0.794. The van der Waals surface area contributed by atoms with Gasteiger partial charge < -0.3 is 33.3 Å². The maximum atomic E-state index is 10.4. The van der Waals surface area contributed by atoms with Gasteiger partial charge in [0.1, 0.15) is 0 Å². The third-order valence-corrected chi connectivity index (χ3v) is 9.63. The van der Waals surface area contributed by atoms with Crippen LogP contribution in [0.5, 0.6) is 0 Å². The van der Waals surface area contributed by atoms with E-state index in [1.165, 1.54) is 6.08 Å². The van der Waals surface area contributed by atoms with E-state index in [9.17, 15) is 32.9 Å². The largest absolute Gasteiger partial charge is 3.00 e. The SMILES string of the molecule is C=CC[PH](=O)O.CCP(=O)([O-])CC.CCP(=O)([O-])CC.CCP(=O)([O-])CC.[Al+3]. The molecule has 1 N–H and O–H groups in total. The molecule has 0 radical (unpaired) electrons. The molecule has 168 valence electrons. The van der Waals surface area contributed by atoms with Gasteiger partial charge in [0.05, 0.1) is 0 Å². The van der Waals surface area contributed by atoms with Gasteiger partial charge in [0, 0.05) is 28.3 Å². The van der Waals surface area contributed by atoms with Crippen molar-refractivity contribution >= 4 is 47.5 Å². The standard InChI is InChI=1S/3C4H11O2P.C3H7O2P.Al/c3*1-3-7(5,6)4-2;1-2-3-6(4)5;/h3*3-4H2,1-2H3,(H,5,6);2,6H,1,3H2,(H,4,5);/q;;;;+3/p-3. The third kappa shape index (κ3) is 37.7. The smallest absolute Gasteiger partial charge is 0.799 e. The third-order valence-electron chi connectivity index (χ3n) is 3.21. The van der Waals surface area contributed by atoms with Crippen LogP contribution in [0.25, 0.3) is 0 Å². The normalized spacial score (nSPS) is 11.8. The van der Waals surface area contributed by atoms with Crippen molar-refractivity contribution in [1.29, 1.82) is 0 Å². The number of hydrogen-bond acceptors (Lipinski definition) is 7. The zero-order valence-electron chi connectivity index (χ0n) is 18.0. The van der Waals surface area contributed by atoms with E-state index in [0.717, 1.165) is 0 Å². The van der Waals surface area contributed by atoms with Gasteiger partial charge in [0.25, 0.3) is 0 Å². The molecule has 1 unspecified atom stereocenters. The van der Waals surface area contributed by atoms with Gasteiger partial charge in [-0.2, -0.15) is 0 Å². The summed E-state index contributed by atoms with van der Waals surface area (Å²) in [5.74, 6) is 0. The van der Waals surface area contributed by atoms with Crippen molar-refractivity contribution in [2.45, 2.75) is 41.5 Å². The molecule has 0 aliphatic heterocycles. The Hall–Kier alpha value is 1.03. The molecule has 8 nitrogen and oxygen atoms in total. The van der Waals surface area contributed by atoms with Crippen LogP contribution in [0.2, 0.25) is 0 Å². The Balaban J connectivity index is -0.0000000831. The summed E-state index contributed by atoms with van der Waals surface area (Å²) in [6.07, 6.45) is 3.44. The maximum absolute atomic E-state index is 10.4. The molecule has 0 bridgehead atoms. The van der Waals surface area contributed by atoms with Crippen molar-refractivity contribution < 1.29 is 37.8 Å². The second kappa shape index (κ2) is 22.7. The van der Waals surface area contributed by atoms with Gasteiger partial charge in [-0.25, -0.2) is 0 Å². The Morgan fingerprint density at radius 2 is 0.929 bits per heavy atom. The van der Waals surface area contributed by atoms with Crippen LogP contribution < -0.4 is 14.7 Å². The summed E-state index contributed by atoms with van der Waals surface area (Å²) in [7, 11) is -11.0. The molecule has 13 heteroatoms. The van der Waals surface area contributed by atoms with Crippen molar-refractivity contribution in [3.8, 4) is 0 Å². The average molecular weight is 496 g/mol. The molecule has 0 aliphatic carbocycles. The molecule has 0 amide bonds. The minimum atomic E-state index is -2.90. The monoisotopic (exact) mass is 496 g/mol. The van der Waals surface area contributed by atoms with E-state index >= 15 is 0 Å². The average Bonchev–Trinajstić information content (AvgIpc) is 2.63. The molecule has 0 aromatic heterocycles. The first-order chi connectivity index (χ1) is 12.1. The summed E-state index contributed by atoms with van der Waals surface area (Å²) in [5, 5.41) is 0. The molecule has 1 atom stereocenters. The van der Waals surface area contributed by atoms with Crippen LogP contribution in [0.15, 0.2) is 12.7 Å². The molecular weight excluding hydrogens is 459 g/mol. The van der Waals surface area contributed by atoms with Crippen molar-refractivity contribution in [3.05, 3.63) is 12.7 Å². The predicted molar refractivity (Wildman–Crippen MR) is 118 cm³/mol. The van der Waals surface area contributed by atoms with Gasteiger partial charge >= 0.3 is 17.4 Å². The van der Waals surface area contributed by atoms with Crippen LogP contribution in [0.1, 0.15) is 41.5 Å². The Morgan fingerprint density at radius 1 is 0.750 bits per heavy atom. The van der Waals surface area contributed by atoms with Crippen molar-refractivity contribution in [3.63, 3.8) is 0 Å². The molecule has 0 aliphatic rings. The predicted octanol–water partition coefficient (Wildman–Crippen LogP) is 2.25. The van der Waals surface area contributed by atoms with Crippen molar-refractivity contribution in [1.82, 2.24) is 0 Å². The van der Waals surface area contributed by atoms with Crippen LogP contribution >= 0.6 is 30.1 Å². The van der Waals surface area contributed by atoms with Gasteiger partial charge in [-0.3, -0.25) is 4.57 Å². The first-order valence-electron chi connectivity index (χ1n) is 8.83. The Morgan fingerprint density at radius 3 is 0.929 bits per heavy atom. The summed E-state index contributed by atoms with van der Waals surface area (Å²) in [6.45, 7) is 13.3. The van der Waals surface area contributed by atoms with Gasteiger partial charge in [-0.05, 0) is 37.0 Å². The van der Waals surface area contributed by atoms with Crippen LogP contribution in [0.3, 0.4) is 0 Å². The summed E-state index contributed by atoms with van der Waals surface area (Å²) < 4.78 is 40.9. The fourth-order valence-corrected chi connectivity index (χ4v) is 2.38. The molecule has 0 heterocycles. The number of rotatable bonds is 8.